The number of fused-ring (bicyclic) bond motifs is 2. The zero-order valence-corrected chi connectivity index (χ0v) is 16.7. The van der Waals surface area contributed by atoms with E-state index in [9.17, 15) is 27.2 Å². The van der Waals surface area contributed by atoms with E-state index in [0.29, 0.717) is 13.1 Å². The predicted molar refractivity (Wildman–Crippen MR) is 102 cm³/mol. The monoisotopic (exact) mass is 448 g/mol. The highest BCUT2D eigenvalue weighted by Gasteiger charge is 2.64. The highest BCUT2D eigenvalue weighted by atomic mass is 35.5. The van der Waals surface area contributed by atoms with Crippen molar-refractivity contribution in [1.82, 2.24) is 15.1 Å². The number of nitrogens with zero attached hydrogens (tertiary/aromatic N) is 2. The number of nitrogens with one attached hydrogen (secondary N) is 2. The molecule has 0 spiro atoms. The molecule has 1 aromatic rings. The first-order valence-corrected chi connectivity index (χ1v) is 10.0. The van der Waals surface area contributed by atoms with Crippen molar-refractivity contribution in [2.75, 3.05) is 31.5 Å². The Bertz CT molecular complexity index is 841. The van der Waals surface area contributed by atoms with Crippen molar-refractivity contribution in [2.24, 2.45) is 0 Å². The second-order valence-corrected chi connectivity index (χ2v) is 8.67. The molecule has 2 atom stereocenters. The first-order valence-electron chi connectivity index (χ1n) is 9.66. The number of hydrogen-bond donors (Lipinski definition) is 2. The SMILES string of the molecule is O=C(CN1C[C@H]2C[C@@H]1CN2CC(=O)NC1(C(F)(F)F)CC1)Nc1cc(F)cc(Cl)c1. The molecule has 3 fully saturated rings. The maximum absolute atomic E-state index is 13.4. The first-order chi connectivity index (χ1) is 14.0. The van der Waals surface area contributed by atoms with E-state index >= 15 is 0 Å². The number of likely N-dealkylation sites (tertiary alicyclic amines) is 2. The van der Waals surface area contributed by atoms with Crippen LogP contribution in [0.5, 0.6) is 0 Å². The van der Waals surface area contributed by atoms with Gasteiger partial charge in [-0.25, -0.2) is 4.39 Å². The lowest BCUT2D eigenvalue weighted by atomic mass is 10.2. The molecular formula is C19H21ClF4N4O2. The van der Waals surface area contributed by atoms with E-state index in [1.54, 1.807) is 0 Å². The van der Waals surface area contributed by atoms with Gasteiger partial charge in [-0.3, -0.25) is 19.4 Å². The standard InChI is InChI=1S/C19H21ClF4N4O2/c20-11-3-12(21)5-13(4-11)25-16(29)9-27-7-15-6-14(27)8-28(15)10-17(30)26-18(1-2-18)19(22,23)24/h3-5,14-15H,1-2,6-10H2,(H,25,29)(H,26,30)/t14-,15-/m1/s1. The largest absolute Gasteiger partial charge is 0.411 e. The zero-order valence-electron chi connectivity index (χ0n) is 15.9. The van der Waals surface area contributed by atoms with Gasteiger partial charge in [0.25, 0.3) is 0 Å². The molecule has 2 N–H and O–H groups in total. The van der Waals surface area contributed by atoms with E-state index in [2.05, 4.69) is 10.6 Å². The average molecular weight is 449 g/mol. The molecule has 11 heteroatoms. The van der Waals surface area contributed by atoms with Gasteiger partial charge in [-0.1, -0.05) is 11.6 Å². The number of anilines is 1. The number of benzene rings is 1. The molecular weight excluding hydrogens is 428 g/mol. The lowest BCUT2D eigenvalue weighted by Crippen LogP contribution is -2.54. The van der Waals surface area contributed by atoms with Gasteiger partial charge in [-0.2, -0.15) is 13.2 Å². The van der Waals surface area contributed by atoms with E-state index in [1.807, 2.05) is 9.80 Å². The third-order valence-electron chi connectivity index (χ3n) is 5.98. The molecule has 4 rings (SSSR count). The van der Waals surface area contributed by atoms with Gasteiger partial charge in [0.1, 0.15) is 11.4 Å². The van der Waals surface area contributed by atoms with E-state index in [-0.39, 0.29) is 54.6 Å². The third kappa shape index (κ3) is 4.40. The average Bonchev–Trinajstić information content (AvgIpc) is 3.15. The van der Waals surface area contributed by atoms with Crippen molar-refractivity contribution < 1.29 is 27.2 Å². The third-order valence-corrected chi connectivity index (χ3v) is 6.20. The van der Waals surface area contributed by atoms with Gasteiger partial charge in [0.2, 0.25) is 11.8 Å². The molecule has 2 amide bonds. The number of carbonyl (C=O) groups excluding carboxylic acids is 2. The summed E-state index contributed by atoms with van der Waals surface area (Å²) in [5.74, 6) is -1.48. The molecule has 2 aliphatic heterocycles. The van der Waals surface area contributed by atoms with Gasteiger partial charge in [-0.15, -0.1) is 0 Å². The number of piperazine rings is 1. The maximum Gasteiger partial charge on any atom is 0.411 e. The number of carbonyl (C=O) groups is 2. The molecule has 0 aromatic heterocycles. The van der Waals surface area contributed by atoms with Crippen LogP contribution in [0.1, 0.15) is 19.3 Å². The van der Waals surface area contributed by atoms with Crippen LogP contribution < -0.4 is 10.6 Å². The normalized spacial score (nSPS) is 25.4. The summed E-state index contributed by atoms with van der Waals surface area (Å²) in [6, 6.07) is 3.82. The summed E-state index contributed by atoms with van der Waals surface area (Å²) in [5.41, 5.74) is -1.78. The number of hydrogen-bond acceptors (Lipinski definition) is 4. The summed E-state index contributed by atoms with van der Waals surface area (Å²) >= 11 is 5.78. The number of halogens is 5. The van der Waals surface area contributed by atoms with Crippen molar-refractivity contribution in [3.8, 4) is 0 Å². The summed E-state index contributed by atoms with van der Waals surface area (Å²) in [6.45, 7) is 1.07. The predicted octanol–water partition coefficient (Wildman–Crippen LogP) is 2.39. The molecule has 0 radical (unpaired) electrons. The lowest BCUT2D eigenvalue weighted by Gasteiger charge is -2.33. The van der Waals surface area contributed by atoms with Crippen molar-refractivity contribution in [2.45, 2.75) is 43.1 Å². The van der Waals surface area contributed by atoms with E-state index in [0.717, 1.165) is 12.5 Å². The Kier molecular flexibility index (Phi) is 5.44. The van der Waals surface area contributed by atoms with Crippen LogP contribution in [0.2, 0.25) is 5.02 Å². The quantitative estimate of drug-likeness (QED) is 0.656. The molecule has 30 heavy (non-hydrogen) atoms. The molecule has 3 aliphatic rings. The molecule has 164 valence electrons. The van der Waals surface area contributed by atoms with Crippen LogP contribution in [-0.4, -0.2) is 71.6 Å². The Labute approximate surface area is 175 Å². The zero-order chi connectivity index (χ0) is 21.7. The van der Waals surface area contributed by atoms with Crippen LogP contribution in [0.15, 0.2) is 18.2 Å². The van der Waals surface area contributed by atoms with Gasteiger partial charge in [0.05, 0.1) is 13.1 Å². The molecule has 1 aliphatic carbocycles. The highest BCUT2D eigenvalue weighted by molar-refractivity contribution is 6.30. The Morgan fingerprint density at radius 2 is 1.67 bits per heavy atom. The second-order valence-electron chi connectivity index (χ2n) is 8.24. The van der Waals surface area contributed by atoms with Crippen LogP contribution in [0, 0.1) is 5.82 Å². The fraction of sp³-hybridized carbons (Fsp3) is 0.579. The van der Waals surface area contributed by atoms with Crippen LogP contribution in [-0.2, 0) is 9.59 Å². The molecule has 2 heterocycles. The van der Waals surface area contributed by atoms with Gasteiger partial charge in [0, 0.05) is 35.9 Å². The molecule has 6 nitrogen and oxygen atoms in total. The second kappa shape index (κ2) is 7.65. The Morgan fingerprint density at radius 3 is 2.17 bits per heavy atom. The molecule has 2 bridgehead atoms. The van der Waals surface area contributed by atoms with E-state index in [4.69, 9.17) is 11.6 Å². The van der Waals surface area contributed by atoms with Gasteiger partial charge in [-0.05, 0) is 37.5 Å². The minimum Gasteiger partial charge on any atom is -0.341 e. The maximum atomic E-state index is 13.4. The molecule has 0 unspecified atom stereocenters. The fourth-order valence-corrected chi connectivity index (χ4v) is 4.55. The molecule has 1 aromatic carbocycles. The van der Waals surface area contributed by atoms with E-state index in [1.165, 1.54) is 12.1 Å². The number of amides is 2. The summed E-state index contributed by atoms with van der Waals surface area (Å²) in [6.07, 6.45) is -3.83. The van der Waals surface area contributed by atoms with Crippen LogP contribution in [0.4, 0.5) is 23.2 Å². The Morgan fingerprint density at radius 1 is 1.07 bits per heavy atom. The van der Waals surface area contributed by atoms with Crippen molar-refractivity contribution in [3.63, 3.8) is 0 Å². The minimum atomic E-state index is -4.43. The van der Waals surface area contributed by atoms with Crippen LogP contribution in [0.3, 0.4) is 0 Å². The van der Waals surface area contributed by atoms with Gasteiger partial charge < -0.3 is 10.6 Å². The van der Waals surface area contributed by atoms with Gasteiger partial charge >= 0.3 is 6.18 Å². The van der Waals surface area contributed by atoms with Crippen molar-refractivity contribution in [1.29, 1.82) is 0 Å². The van der Waals surface area contributed by atoms with Crippen molar-refractivity contribution >= 4 is 29.1 Å². The van der Waals surface area contributed by atoms with Gasteiger partial charge in [0.15, 0.2) is 0 Å². The Balaban J connectivity index is 1.25. The smallest absolute Gasteiger partial charge is 0.341 e. The topological polar surface area (TPSA) is 64.7 Å². The number of rotatable bonds is 6. The lowest BCUT2D eigenvalue weighted by molar-refractivity contribution is -0.170. The van der Waals surface area contributed by atoms with E-state index < -0.39 is 23.4 Å². The summed E-state index contributed by atoms with van der Waals surface area (Å²) < 4.78 is 52.4. The highest BCUT2D eigenvalue weighted by Crippen LogP contribution is 2.48. The Hall–Kier alpha value is -1.91. The van der Waals surface area contributed by atoms with Crippen LogP contribution in [0.25, 0.3) is 0 Å². The van der Waals surface area contributed by atoms with Crippen LogP contribution >= 0.6 is 11.6 Å². The van der Waals surface area contributed by atoms with Crippen molar-refractivity contribution in [3.05, 3.63) is 29.0 Å². The summed E-state index contributed by atoms with van der Waals surface area (Å²) in [7, 11) is 0. The number of alkyl halides is 3. The molecule has 2 saturated heterocycles. The summed E-state index contributed by atoms with van der Waals surface area (Å²) in [5, 5.41) is 4.94. The summed E-state index contributed by atoms with van der Waals surface area (Å²) in [4.78, 5) is 28.2. The fourth-order valence-electron chi connectivity index (χ4n) is 4.33. The minimum absolute atomic E-state index is 0.0122. The molecule has 1 saturated carbocycles. The first kappa shape index (κ1) is 21.3.